The number of nitrogens with two attached hydrogens (primary N) is 1. The van der Waals surface area contributed by atoms with Crippen molar-refractivity contribution in [3.63, 3.8) is 0 Å². The maximum atomic E-state index is 11.7. The van der Waals surface area contributed by atoms with Crippen LogP contribution < -0.4 is 16.4 Å². The average Bonchev–Trinajstić information content (AvgIpc) is 2.45. The second kappa shape index (κ2) is 10.2. The summed E-state index contributed by atoms with van der Waals surface area (Å²) in [6, 6.07) is 7.09. The van der Waals surface area contributed by atoms with Crippen LogP contribution in [0.25, 0.3) is 0 Å². The van der Waals surface area contributed by atoms with Gasteiger partial charge in [-0.3, -0.25) is 9.59 Å². The van der Waals surface area contributed by atoms with Crippen LogP contribution in [-0.4, -0.2) is 24.4 Å². The summed E-state index contributed by atoms with van der Waals surface area (Å²) in [4.78, 5) is 23.3. The average molecular weight is 314 g/mol. The van der Waals surface area contributed by atoms with E-state index in [0.29, 0.717) is 6.42 Å². The molecule has 6 heteroatoms. The Balaban J connectivity index is 0.00000400. The zero-order valence-corrected chi connectivity index (χ0v) is 13.3. The summed E-state index contributed by atoms with van der Waals surface area (Å²) < 4.78 is 0. The molecule has 5 nitrogen and oxygen atoms in total. The highest BCUT2D eigenvalue weighted by Gasteiger charge is 2.13. The molecule has 0 fully saturated rings. The Morgan fingerprint density at radius 3 is 2.62 bits per heavy atom. The van der Waals surface area contributed by atoms with E-state index in [2.05, 4.69) is 17.6 Å². The van der Waals surface area contributed by atoms with Crippen LogP contribution in [0.5, 0.6) is 0 Å². The van der Waals surface area contributed by atoms with Gasteiger partial charge in [-0.15, -0.1) is 12.4 Å². The Labute approximate surface area is 132 Å². The number of nitrogens with one attached hydrogen (secondary N) is 2. The van der Waals surface area contributed by atoms with E-state index in [1.54, 1.807) is 0 Å². The largest absolute Gasteiger partial charge is 0.346 e. The molecule has 0 heterocycles. The fourth-order valence-corrected chi connectivity index (χ4v) is 1.81. The first kappa shape index (κ1) is 19.4. The molecule has 4 N–H and O–H groups in total. The van der Waals surface area contributed by atoms with Crippen LogP contribution in [-0.2, 0) is 16.0 Å². The Morgan fingerprint density at radius 1 is 1.29 bits per heavy atom. The van der Waals surface area contributed by atoms with Crippen LogP contribution in [0.1, 0.15) is 32.3 Å². The highest BCUT2D eigenvalue weighted by Crippen LogP contribution is 2.10. The second-order valence-corrected chi connectivity index (χ2v) is 4.72. The molecule has 0 aliphatic rings. The summed E-state index contributed by atoms with van der Waals surface area (Å²) in [5, 5.41) is 5.29. The van der Waals surface area contributed by atoms with Crippen LogP contribution in [0.3, 0.4) is 0 Å². The van der Waals surface area contributed by atoms with Gasteiger partial charge in [-0.2, -0.15) is 0 Å². The van der Waals surface area contributed by atoms with Gasteiger partial charge >= 0.3 is 0 Å². The van der Waals surface area contributed by atoms with Crippen molar-refractivity contribution in [1.82, 2.24) is 5.32 Å². The van der Waals surface area contributed by atoms with E-state index < -0.39 is 6.04 Å². The molecule has 1 atom stereocenters. The van der Waals surface area contributed by atoms with Gasteiger partial charge in [-0.05, 0) is 30.5 Å². The number of halogens is 1. The quantitative estimate of drug-likeness (QED) is 0.718. The van der Waals surface area contributed by atoms with E-state index in [0.717, 1.165) is 24.1 Å². The van der Waals surface area contributed by atoms with Crippen molar-refractivity contribution in [2.75, 3.05) is 11.9 Å². The Kier molecular flexibility index (Phi) is 9.41. The fraction of sp³-hybridized carbons (Fsp3) is 0.467. The summed E-state index contributed by atoms with van der Waals surface area (Å²) in [5.74, 6) is -0.542. The van der Waals surface area contributed by atoms with E-state index in [1.807, 2.05) is 31.2 Å². The number of carbonyl (C=O) groups is 2. The van der Waals surface area contributed by atoms with Crippen molar-refractivity contribution < 1.29 is 9.59 Å². The smallest absolute Gasteiger partial charge is 0.243 e. The molecule has 0 spiro atoms. The predicted molar refractivity (Wildman–Crippen MR) is 87.6 cm³/mol. The normalized spacial score (nSPS) is 11.2. The van der Waals surface area contributed by atoms with Gasteiger partial charge in [0.1, 0.15) is 0 Å². The third-order valence-electron chi connectivity index (χ3n) is 2.98. The van der Waals surface area contributed by atoms with Crippen LogP contribution in [0.2, 0.25) is 0 Å². The first-order valence-electron chi connectivity index (χ1n) is 6.98. The maximum absolute atomic E-state index is 11.7. The van der Waals surface area contributed by atoms with E-state index in [-0.39, 0.29) is 30.8 Å². The molecule has 2 amide bonds. The zero-order valence-electron chi connectivity index (χ0n) is 12.5. The van der Waals surface area contributed by atoms with E-state index in [9.17, 15) is 9.59 Å². The Morgan fingerprint density at radius 2 is 2.00 bits per heavy atom. The lowest BCUT2D eigenvalue weighted by Crippen LogP contribution is -2.43. The highest BCUT2D eigenvalue weighted by molar-refractivity contribution is 5.95. The molecule has 0 bridgehead atoms. The van der Waals surface area contributed by atoms with E-state index in [1.165, 1.54) is 0 Å². The lowest BCUT2D eigenvalue weighted by molar-refractivity contribution is -0.125. The molecule has 1 rings (SSSR count). The van der Waals surface area contributed by atoms with Crippen molar-refractivity contribution in [1.29, 1.82) is 0 Å². The number of amides is 2. The minimum atomic E-state index is -0.545. The van der Waals surface area contributed by atoms with Crippen LogP contribution >= 0.6 is 12.4 Å². The summed E-state index contributed by atoms with van der Waals surface area (Å²) in [5.41, 5.74) is 7.55. The van der Waals surface area contributed by atoms with Crippen molar-refractivity contribution in [2.24, 2.45) is 5.73 Å². The van der Waals surface area contributed by atoms with Gasteiger partial charge in [-0.1, -0.05) is 32.4 Å². The van der Waals surface area contributed by atoms with Gasteiger partial charge in [0.2, 0.25) is 11.8 Å². The van der Waals surface area contributed by atoms with Crippen molar-refractivity contribution in [3.05, 3.63) is 29.8 Å². The lowest BCUT2D eigenvalue weighted by Gasteiger charge is -2.11. The molecule has 0 saturated carbocycles. The van der Waals surface area contributed by atoms with Gasteiger partial charge in [0.25, 0.3) is 0 Å². The van der Waals surface area contributed by atoms with Gasteiger partial charge < -0.3 is 16.4 Å². The van der Waals surface area contributed by atoms with E-state index in [4.69, 9.17) is 5.73 Å². The molecule has 0 radical (unpaired) electrons. The first-order chi connectivity index (χ1) is 9.56. The predicted octanol–water partition coefficient (Wildman–Crippen LogP) is 1.85. The molecule has 118 valence electrons. The molecule has 0 aliphatic heterocycles. The van der Waals surface area contributed by atoms with Crippen molar-refractivity contribution in [3.8, 4) is 0 Å². The number of anilines is 1. The molecule has 0 saturated heterocycles. The third-order valence-corrected chi connectivity index (χ3v) is 2.98. The SMILES string of the molecule is CCCC(N)C(=O)NCC(=O)Nc1cccc(CC)c1.Cl. The topological polar surface area (TPSA) is 84.2 Å². The fourth-order valence-electron chi connectivity index (χ4n) is 1.81. The molecular weight excluding hydrogens is 290 g/mol. The molecule has 0 aromatic heterocycles. The minimum absolute atomic E-state index is 0. The molecule has 0 aliphatic carbocycles. The van der Waals surface area contributed by atoms with Gasteiger partial charge in [0, 0.05) is 5.69 Å². The summed E-state index contributed by atoms with van der Waals surface area (Å²) in [6.45, 7) is 3.95. The minimum Gasteiger partial charge on any atom is -0.346 e. The van der Waals surface area contributed by atoms with Crippen LogP contribution in [0.15, 0.2) is 24.3 Å². The number of benzene rings is 1. The van der Waals surface area contributed by atoms with Crippen molar-refractivity contribution in [2.45, 2.75) is 39.2 Å². The summed E-state index contributed by atoms with van der Waals surface area (Å²) in [7, 11) is 0. The number of hydrogen-bond donors (Lipinski definition) is 3. The first-order valence-corrected chi connectivity index (χ1v) is 6.98. The molecule has 1 aromatic rings. The van der Waals surface area contributed by atoms with Crippen LogP contribution in [0, 0.1) is 0 Å². The maximum Gasteiger partial charge on any atom is 0.243 e. The second-order valence-electron chi connectivity index (χ2n) is 4.72. The molecule has 1 aromatic carbocycles. The number of hydrogen-bond acceptors (Lipinski definition) is 3. The molecule has 21 heavy (non-hydrogen) atoms. The van der Waals surface area contributed by atoms with Crippen molar-refractivity contribution >= 4 is 29.9 Å². The molecule has 1 unspecified atom stereocenters. The Bertz CT molecular complexity index is 466. The summed E-state index contributed by atoms with van der Waals surface area (Å²) in [6.07, 6.45) is 2.36. The third kappa shape index (κ3) is 7.11. The van der Waals surface area contributed by atoms with Gasteiger partial charge in [-0.25, -0.2) is 0 Å². The molecular formula is C15H24ClN3O2. The zero-order chi connectivity index (χ0) is 15.0. The number of carbonyl (C=O) groups excluding carboxylic acids is 2. The van der Waals surface area contributed by atoms with Gasteiger partial charge in [0.05, 0.1) is 12.6 Å². The number of rotatable bonds is 7. The van der Waals surface area contributed by atoms with E-state index >= 15 is 0 Å². The van der Waals surface area contributed by atoms with Crippen LogP contribution in [0.4, 0.5) is 5.69 Å². The Hall–Kier alpha value is -1.59. The summed E-state index contributed by atoms with van der Waals surface area (Å²) >= 11 is 0. The lowest BCUT2D eigenvalue weighted by atomic mass is 10.1. The van der Waals surface area contributed by atoms with Gasteiger partial charge in [0.15, 0.2) is 0 Å². The number of aryl methyl sites for hydroxylation is 1. The standard InChI is InChI=1S/C15H23N3O2.ClH/c1-3-6-13(16)15(20)17-10-14(19)18-12-8-5-7-11(4-2)9-12;/h5,7-9,13H,3-4,6,10,16H2,1-2H3,(H,17,20)(H,18,19);1H. The monoisotopic (exact) mass is 313 g/mol. The highest BCUT2D eigenvalue weighted by atomic mass is 35.5.